The van der Waals surface area contributed by atoms with E-state index in [0.717, 1.165) is 19.4 Å². The van der Waals surface area contributed by atoms with Crippen molar-refractivity contribution in [2.45, 2.75) is 70.5 Å². The Hall–Kier alpha value is -3.06. The molecule has 1 heterocycles. The molecule has 0 saturated heterocycles. The maximum Gasteiger partial charge on any atom is 0.303 e. The minimum absolute atomic E-state index is 0.0154. The third-order valence-corrected chi connectivity index (χ3v) is 7.18. The van der Waals surface area contributed by atoms with Crippen LogP contribution in [0.1, 0.15) is 46.6 Å². The van der Waals surface area contributed by atoms with Crippen LogP contribution in [0.15, 0.2) is 35.4 Å². The molecule has 0 spiro atoms. The first-order valence-electron chi connectivity index (χ1n) is 11.3. The number of hydrogen-bond donors (Lipinski definition) is 0. The number of benzene rings is 1. The van der Waals surface area contributed by atoms with Crippen LogP contribution in [0.2, 0.25) is 0 Å². The highest BCUT2D eigenvalue weighted by Crippen LogP contribution is 2.37. The Bertz CT molecular complexity index is 1020. The molecule has 1 aliphatic rings. The van der Waals surface area contributed by atoms with E-state index in [2.05, 4.69) is 5.10 Å². The normalized spacial score (nSPS) is 17.2. The van der Waals surface area contributed by atoms with Crippen LogP contribution in [0.3, 0.4) is 0 Å². The summed E-state index contributed by atoms with van der Waals surface area (Å²) in [5, 5.41) is 5.08. The number of rotatable bonds is 11. The van der Waals surface area contributed by atoms with Crippen LogP contribution < -0.4 is 0 Å². The molecular formula is C24H30N2O9S2. The monoisotopic (exact) mass is 554 g/mol. The van der Waals surface area contributed by atoms with Crippen LogP contribution in [0.4, 0.5) is 0 Å². The van der Waals surface area contributed by atoms with Crippen molar-refractivity contribution in [3.8, 4) is 0 Å². The SMILES string of the molecule is CC(=O)OC[C@@H](OC(C)=O)[C@@H](OC(C)=O)[C@@H](CC1SC(SCc2ccccc2)=NN1C(C)=O)OC(C)=O. The Labute approximate surface area is 223 Å². The molecule has 1 amide bonds. The van der Waals surface area contributed by atoms with Gasteiger partial charge in [-0.1, -0.05) is 53.9 Å². The molecule has 13 heteroatoms. The van der Waals surface area contributed by atoms with Gasteiger partial charge in [0.2, 0.25) is 5.91 Å². The van der Waals surface area contributed by atoms with Crippen molar-refractivity contribution in [1.29, 1.82) is 0 Å². The summed E-state index contributed by atoms with van der Waals surface area (Å²) in [6, 6.07) is 9.73. The second kappa shape index (κ2) is 14.6. The molecule has 0 bridgehead atoms. The summed E-state index contributed by atoms with van der Waals surface area (Å²) in [4.78, 5) is 59.5. The van der Waals surface area contributed by atoms with Gasteiger partial charge in [0.25, 0.3) is 0 Å². The van der Waals surface area contributed by atoms with Gasteiger partial charge in [-0.3, -0.25) is 24.0 Å². The number of carbonyl (C=O) groups is 5. The van der Waals surface area contributed by atoms with Crippen LogP contribution >= 0.6 is 23.5 Å². The second-order valence-corrected chi connectivity index (χ2v) is 10.4. The minimum Gasteiger partial charge on any atom is -0.462 e. The van der Waals surface area contributed by atoms with Crippen molar-refractivity contribution in [3.05, 3.63) is 35.9 Å². The smallest absolute Gasteiger partial charge is 0.303 e. The number of hydrazone groups is 1. The van der Waals surface area contributed by atoms with Crippen molar-refractivity contribution in [2.75, 3.05) is 6.61 Å². The number of thioether (sulfide) groups is 2. The van der Waals surface area contributed by atoms with E-state index in [0.29, 0.717) is 10.1 Å². The first kappa shape index (κ1) is 30.2. The molecule has 1 aromatic carbocycles. The summed E-state index contributed by atoms with van der Waals surface area (Å²) in [5.41, 5.74) is 1.08. The van der Waals surface area contributed by atoms with Gasteiger partial charge in [0, 0.05) is 46.8 Å². The van der Waals surface area contributed by atoms with Crippen LogP contribution in [-0.2, 0) is 48.7 Å². The fraction of sp³-hybridized carbons (Fsp3) is 0.500. The number of hydrogen-bond acceptors (Lipinski definition) is 12. The molecule has 0 N–H and O–H groups in total. The lowest BCUT2D eigenvalue weighted by Gasteiger charge is -2.33. The minimum atomic E-state index is -1.32. The van der Waals surface area contributed by atoms with Gasteiger partial charge in [-0.25, -0.2) is 5.01 Å². The van der Waals surface area contributed by atoms with E-state index in [1.807, 2.05) is 30.3 Å². The summed E-state index contributed by atoms with van der Waals surface area (Å²) in [6.45, 7) is 5.54. The maximum atomic E-state index is 12.4. The third-order valence-electron chi connectivity index (χ3n) is 4.78. The Balaban J connectivity index is 2.28. The van der Waals surface area contributed by atoms with Crippen molar-refractivity contribution in [3.63, 3.8) is 0 Å². The quantitative estimate of drug-likeness (QED) is 0.295. The fourth-order valence-corrected chi connectivity index (χ4v) is 5.76. The Morgan fingerprint density at radius 1 is 0.892 bits per heavy atom. The van der Waals surface area contributed by atoms with E-state index in [-0.39, 0.29) is 12.3 Å². The summed E-state index contributed by atoms with van der Waals surface area (Å²) in [6.07, 6.45) is -3.76. The summed E-state index contributed by atoms with van der Waals surface area (Å²) in [5.74, 6) is -2.50. The van der Waals surface area contributed by atoms with E-state index in [4.69, 9.17) is 18.9 Å². The summed E-state index contributed by atoms with van der Waals surface area (Å²) < 4.78 is 21.8. The Kier molecular flexibility index (Phi) is 11.9. The lowest BCUT2D eigenvalue weighted by molar-refractivity contribution is -0.190. The molecule has 0 aromatic heterocycles. The molecule has 0 aliphatic carbocycles. The summed E-state index contributed by atoms with van der Waals surface area (Å²) in [7, 11) is 0. The molecule has 4 atom stereocenters. The molecular weight excluding hydrogens is 524 g/mol. The number of ether oxygens (including phenoxy) is 4. The molecule has 202 valence electrons. The summed E-state index contributed by atoms with van der Waals surface area (Å²) >= 11 is 2.74. The molecule has 11 nitrogen and oxygen atoms in total. The van der Waals surface area contributed by atoms with Crippen molar-refractivity contribution >= 4 is 57.7 Å². The van der Waals surface area contributed by atoms with Gasteiger partial charge >= 0.3 is 23.9 Å². The highest BCUT2D eigenvalue weighted by Gasteiger charge is 2.42. The van der Waals surface area contributed by atoms with Gasteiger partial charge in [-0.15, -0.1) is 0 Å². The first-order valence-corrected chi connectivity index (χ1v) is 13.2. The van der Waals surface area contributed by atoms with E-state index in [1.165, 1.54) is 49.3 Å². The zero-order valence-corrected chi connectivity index (χ0v) is 22.8. The predicted molar refractivity (Wildman–Crippen MR) is 137 cm³/mol. The fourth-order valence-electron chi connectivity index (χ4n) is 3.40. The largest absolute Gasteiger partial charge is 0.462 e. The highest BCUT2D eigenvalue weighted by molar-refractivity contribution is 8.39. The van der Waals surface area contributed by atoms with E-state index < -0.39 is 54.2 Å². The lowest BCUT2D eigenvalue weighted by atomic mass is 10.0. The van der Waals surface area contributed by atoms with Gasteiger partial charge in [0.15, 0.2) is 16.6 Å². The van der Waals surface area contributed by atoms with E-state index in [1.54, 1.807) is 0 Å². The topological polar surface area (TPSA) is 138 Å². The molecule has 1 unspecified atom stereocenters. The van der Waals surface area contributed by atoms with Gasteiger partial charge < -0.3 is 18.9 Å². The van der Waals surface area contributed by atoms with Crippen molar-refractivity contribution in [1.82, 2.24) is 5.01 Å². The van der Waals surface area contributed by atoms with Gasteiger partial charge in [0.05, 0.1) is 0 Å². The standard InChI is InChI=1S/C24H30N2O9S2/c1-14(27)26-22(37-24(25-26)36-13-19-9-7-6-8-10-19)11-20(33-16(3)29)23(35-18(5)31)21(34-17(4)30)12-32-15(2)28/h6-10,20-23H,11-13H2,1-5H3/t20-,21-,22?,23+/m1/s1. The molecule has 37 heavy (non-hydrogen) atoms. The van der Waals surface area contributed by atoms with E-state index >= 15 is 0 Å². The average molecular weight is 555 g/mol. The van der Waals surface area contributed by atoms with Crippen LogP contribution in [0.25, 0.3) is 0 Å². The number of esters is 4. The predicted octanol–water partition coefficient (Wildman–Crippen LogP) is 2.86. The number of carbonyl (C=O) groups excluding carboxylic acids is 5. The first-order chi connectivity index (χ1) is 17.5. The zero-order chi connectivity index (χ0) is 27.5. The maximum absolute atomic E-state index is 12.4. The van der Waals surface area contributed by atoms with Gasteiger partial charge in [0.1, 0.15) is 18.1 Å². The number of nitrogens with zero attached hydrogens (tertiary/aromatic N) is 2. The van der Waals surface area contributed by atoms with Crippen molar-refractivity contribution in [2.24, 2.45) is 5.10 Å². The Morgan fingerprint density at radius 2 is 1.49 bits per heavy atom. The lowest BCUT2D eigenvalue weighted by Crippen LogP contribution is -2.49. The van der Waals surface area contributed by atoms with Gasteiger partial charge in [-0.05, 0) is 5.56 Å². The Morgan fingerprint density at radius 3 is 2.03 bits per heavy atom. The average Bonchev–Trinajstić information content (AvgIpc) is 3.21. The molecule has 0 saturated carbocycles. The van der Waals surface area contributed by atoms with Crippen LogP contribution in [0, 0.1) is 0 Å². The van der Waals surface area contributed by atoms with E-state index in [9.17, 15) is 24.0 Å². The van der Waals surface area contributed by atoms with Crippen LogP contribution in [-0.4, -0.2) is 69.5 Å². The molecule has 1 aromatic rings. The molecule has 0 radical (unpaired) electrons. The van der Waals surface area contributed by atoms with Crippen molar-refractivity contribution < 1.29 is 42.9 Å². The van der Waals surface area contributed by atoms with Crippen LogP contribution in [0.5, 0.6) is 0 Å². The van der Waals surface area contributed by atoms with Gasteiger partial charge in [-0.2, -0.15) is 5.10 Å². The molecule has 2 rings (SSSR count). The molecule has 0 fully saturated rings. The molecule has 1 aliphatic heterocycles. The second-order valence-electron chi connectivity index (χ2n) is 7.98. The highest BCUT2D eigenvalue weighted by atomic mass is 32.2. The third kappa shape index (κ3) is 10.4. The number of amides is 1. The zero-order valence-electron chi connectivity index (χ0n) is 21.2.